The van der Waals surface area contributed by atoms with Crippen LogP contribution >= 0.6 is 0 Å². The normalized spacial score (nSPS) is 21.3. The van der Waals surface area contributed by atoms with Crippen LogP contribution in [0.1, 0.15) is 24.8 Å². The Morgan fingerprint density at radius 1 is 1.31 bits per heavy atom. The van der Waals surface area contributed by atoms with Crippen LogP contribution < -0.4 is 5.32 Å². The molecule has 1 nitrogen and oxygen atoms in total. The molecule has 4 heteroatoms. The maximum absolute atomic E-state index is 13.8. The lowest BCUT2D eigenvalue weighted by Crippen LogP contribution is -2.29. The van der Waals surface area contributed by atoms with Gasteiger partial charge in [-0.1, -0.05) is 18.2 Å². The van der Waals surface area contributed by atoms with Gasteiger partial charge >= 0.3 is 0 Å². The van der Waals surface area contributed by atoms with Crippen molar-refractivity contribution in [1.29, 1.82) is 0 Å². The number of nitrogens with one attached hydrogen (secondary N) is 1. The Kier molecular flexibility index (Phi) is 3.19. The number of rotatable bonds is 3. The number of benzene rings is 1. The second-order valence-corrected chi connectivity index (χ2v) is 4.18. The molecule has 0 radical (unpaired) electrons. The first-order chi connectivity index (χ1) is 7.59. The van der Waals surface area contributed by atoms with Gasteiger partial charge in [-0.15, -0.1) is 0 Å². The summed E-state index contributed by atoms with van der Waals surface area (Å²) in [7, 11) is 0. The van der Waals surface area contributed by atoms with E-state index in [4.69, 9.17) is 0 Å². The van der Waals surface area contributed by atoms with Crippen LogP contribution in [0.25, 0.3) is 0 Å². The Morgan fingerprint density at radius 2 is 2.06 bits per heavy atom. The summed E-state index contributed by atoms with van der Waals surface area (Å²) >= 11 is 0. The molecule has 0 aliphatic carbocycles. The van der Waals surface area contributed by atoms with Crippen LogP contribution in [0.2, 0.25) is 0 Å². The Bertz CT molecular complexity index is 359. The summed E-state index contributed by atoms with van der Waals surface area (Å²) in [4.78, 5) is 0. The molecule has 0 amide bonds. The van der Waals surface area contributed by atoms with Crippen molar-refractivity contribution in [2.75, 3.05) is 6.54 Å². The first kappa shape index (κ1) is 11.5. The predicted molar refractivity (Wildman–Crippen MR) is 55.9 cm³/mol. The Morgan fingerprint density at radius 3 is 2.69 bits per heavy atom. The molecule has 1 aliphatic heterocycles. The van der Waals surface area contributed by atoms with Gasteiger partial charge in [0, 0.05) is 12.5 Å². The highest BCUT2D eigenvalue weighted by atomic mass is 19.3. The van der Waals surface area contributed by atoms with Gasteiger partial charge in [-0.25, -0.2) is 13.2 Å². The zero-order valence-corrected chi connectivity index (χ0v) is 8.85. The lowest BCUT2D eigenvalue weighted by atomic mass is 9.99. The summed E-state index contributed by atoms with van der Waals surface area (Å²) in [6, 6.07) is 4.89. The largest absolute Gasteiger partial charge is 0.314 e. The summed E-state index contributed by atoms with van der Waals surface area (Å²) < 4.78 is 40.8. The zero-order valence-electron chi connectivity index (χ0n) is 8.85. The van der Waals surface area contributed by atoms with Crippen molar-refractivity contribution >= 4 is 0 Å². The van der Waals surface area contributed by atoms with Crippen molar-refractivity contribution in [2.24, 2.45) is 0 Å². The molecule has 1 aromatic carbocycles. The third-order valence-corrected chi connectivity index (χ3v) is 2.93. The Labute approximate surface area is 92.7 Å². The molecule has 1 fully saturated rings. The van der Waals surface area contributed by atoms with E-state index >= 15 is 0 Å². The molecule has 0 aromatic heterocycles. The van der Waals surface area contributed by atoms with Crippen LogP contribution in [0, 0.1) is 5.82 Å². The van der Waals surface area contributed by atoms with E-state index in [2.05, 4.69) is 5.32 Å². The fraction of sp³-hybridized carbons (Fsp3) is 0.500. The highest BCUT2D eigenvalue weighted by molar-refractivity contribution is 5.22. The van der Waals surface area contributed by atoms with Crippen LogP contribution in [-0.2, 0) is 5.92 Å². The minimum absolute atomic E-state index is 0.199. The minimum Gasteiger partial charge on any atom is -0.314 e. The van der Waals surface area contributed by atoms with Gasteiger partial charge in [0.1, 0.15) is 5.82 Å². The molecule has 1 atom stereocenters. The number of hydrogen-bond donors (Lipinski definition) is 1. The average molecular weight is 229 g/mol. The topological polar surface area (TPSA) is 12.0 Å². The Hall–Kier alpha value is -1.03. The highest BCUT2D eigenvalue weighted by Crippen LogP contribution is 2.35. The Balaban J connectivity index is 2.14. The van der Waals surface area contributed by atoms with Crippen LogP contribution in [-0.4, -0.2) is 12.6 Å². The standard InChI is InChI=1S/C12H14F3N/c13-11-6-2-1-5-10(11)12(14,15)8-9-4-3-7-16-9/h1-2,5-6,9,16H,3-4,7-8H2. The van der Waals surface area contributed by atoms with E-state index in [1.807, 2.05) is 0 Å². The monoisotopic (exact) mass is 229 g/mol. The molecule has 1 unspecified atom stereocenters. The number of halogens is 3. The molecule has 1 aromatic rings. The molecule has 0 saturated carbocycles. The first-order valence-electron chi connectivity index (χ1n) is 5.46. The summed E-state index contributed by atoms with van der Waals surface area (Å²) in [6.07, 6.45) is 1.33. The van der Waals surface area contributed by atoms with Gasteiger partial charge in [-0.2, -0.15) is 0 Å². The second kappa shape index (κ2) is 4.45. The molecule has 0 bridgehead atoms. The van der Waals surface area contributed by atoms with E-state index in [1.54, 1.807) is 0 Å². The molecule has 2 rings (SSSR count). The van der Waals surface area contributed by atoms with Crippen molar-refractivity contribution < 1.29 is 13.2 Å². The van der Waals surface area contributed by atoms with E-state index in [9.17, 15) is 13.2 Å². The van der Waals surface area contributed by atoms with Crippen molar-refractivity contribution in [3.63, 3.8) is 0 Å². The van der Waals surface area contributed by atoms with E-state index < -0.39 is 17.3 Å². The van der Waals surface area contributed by atoms with Gasteiger partial charge in [0.15, 0.2) is 0 Å². The molecule has 1 heterocycles. The molecule has 0 spiro atoms. The van der Waals surface area contributed by atoms with Crippen molar-refractivity contribution in [2.45, 2.75) is 31.2 Å². The maximum atomic E-state index is 13.8. The predicted octanol–water partition coefficient (Wildman–Crippen LogP) is 3.06. The second-order valence-electron chi connectivity index (χ2n) is 4.18. The first-order valence-corrected chi connectivity index (χ1v) is 5.46. The maximum Gasteiger partial charge on any atom is 0.277 e. The molecule has 88 valence electrons. The fourth-order valence-electron chi connectivity index (χ4n) is 2.11. The fourth-order valence-corrected chi connectivity index (χ4v) is 2.11. The van der Waals surface area contributed by atoms with Crippen LogP contribution in [0.3, 0.4) is 0 Å². The molecular formula is C12H14F3N. The van der Waals surface area contributed by atoms with Gasteiger partial charge in [0.05, 0.1) is 5.56 Å². The van der Waals surface area contributed by atoms with Gasteiger partial charge in [0.2, 0.25) is 0 Å². The summed E-state index contributed by atoms with van der Waals surface area (Å²) in [5.74, 6) is -3.92. The minimum atomic E-state index is -3.09. The van der Waals surface area contributed by atoms with E-state index in [0.29, 0.717) is 0 Å². The number of alkyl halides is 2. The van der Waals surface area contributed by atoms with Crippen LogP contribution in [0.4, 0.5) is 13.2 Å². The smallest absolute Gasteiger partial charge is 0.277 e. The molecule has 1 N–H and O–H groups in total. The van der Waals surface area contributed by atoms with Crippen LogP contribution in [0.15, 0.2) is 24.3 Å². The zero-order chi connectivity index (χ0) is 11.6. The van der Waals surface area contributed by atoms with Gasteiger partial charge in [-0.3, -0.25) is 0 Å². The highest BCUT2D eigenvalue weighted by Gasteiger charge is 2.37. The third kappa shape index (κ3) is 2.38. The third-order valence-electron chi connectivity index (χ3n) is 2.93. The quantitative estimate of drug-likeness (QED) is 0.840. The van der Waals surface area contributed by atoms with Crippen molar-refractivity contribution in [1.82, 2.24) is 5.32 Å². The van der Waals surface area contributed by atoms with E-state index in [1.165, 1.54) is 12.1 Å². The number of hydrogen-bond acceptors (Lipinski definition) is 1. The van der Waals surface area contributed by atoms with Crippen LogP contribution in [0.5, 0.6) is 0 Å². The average Bonchev–Trinajstić information content (AvgIpc) is 2.70. The lowest BCUT2D eigenvalue weighted by molar-refractivity contribution is -0.0245. The summed E-state index contributed by atoms with van der Waals surface area (Å²) in [5, 5.41) is 3.00. The molecule has 16 heavy (non-hydrogen) atoms. The van der Waals surface area contributed by atoms with Crippen molar-refractivity contribution in [3.05, 3.63) is 35.6 Å². The van der Waals surface area contributed by atoms with Gasteiger partial charge < -0.3 is 5.32 Å². The van der Waals surface area contributed by atoms with E-state index in [-0.39, 0.29) is 12.5 Å². The molecule has 1 saturated heterocycles. The lowest BCUT2D eigenvalue weighted by Gasteiger charge is -2.21. The van der Waals surface area contributed by atoms with Gasteiger partial charge in [0.25, 0.3) is 5.92 Å². The van der Waals surface area contributed by atoms with E-state index in [0.717, 1.165) is 31.5 Å². The molecular weight excluding hydrogens is 215 g/mol. The summed E-state index contributed by atoms with van der Waals surface area (Å²) in [5.41, 5.74) is -0.497. The SMILES string of the molecule is Fc1ccccc1C(F)(F)CC1CCCN1. The van der Waals surface area contributed by atoms with Crippen molar-refractivity contribution in [3.8, 4) is 0 Å². The van der Waals surface area contributed by atoms with Gasteiger partial charge in [-0.05, 0) is 25.5 Å². The summed E-state index contributed by atoms with van der Waals surface area (Å²) in [6.45, 7) is 0.776. The molecule has 1 aliphatic rings.